The predicted octanol–water partition coefficient (Wildman–Crippen LogP) is 1.03. The number of nitrogens with two attached hydrogens (primary N) is 1. The van der Waals surface area contributed by atoms with E-state index in [4.69, 9.17) is 5.73 Å². The van der Waals surface area contributed by atoms with Gasteiger partial charge in [0.05, 0.1) is 5.54 Å². The van der Waals surface area contributed by atoms with Crippen molar-refractivity contribution in [2.45, 2.75) is 56.2 Å². The maximum Gasteiger partial charge on any atom is 0.350 e. The van der Waals surface area contributed by atoms with Crippen LogP contribution in [0.25, 0.3) is 0 Å². The Morgan fingerprint density at radius 3 is 2.30 bits per heavy atom. The lowest BCUT2D eigenvalue weighted by Gasteiger charge is -2.34. The zero-order chi connectivity index (χ0) is 17.1. The first-order valence-electron chi connectivity index (χ1n) is 8.10. The molecule has 0 aromatic carbocycles. The second-order valence-corrected chi connectivity index (χ2v) is 8.48. The van der Waals surface area contributed by atoms with Crippen molar-refractivity contribution in [3.63, 3.8) is 0 Å². The highest BCUT2D eigenvalue weighted by Gasteiger charge is 2.37. The van der Waals surface area contributed by atoms with E-state index in [0.717, 1.165) is 23.6 Å². The van der Waals surface area contributed by atoms with E-state index in [0.29, 0.717) is 32.2 Å². The van der Waals surface area contributed by atoms with Crippen molar-refractivity contribution in [1.29, 1.82) is 0 Å². The Morgan fingerprint density at radius 2 is 1.78 bits per heavy atom. The lowest BCUT2D eigenvalue weighted by molar-refractivity contribution is -0.127. The van der Waals surface area contributed by atoms with E-state index < -0.39 is 21.3 Å². The molecule has 2 aliphatic rings. The minimum atomic E-state index is -4.49. The van der Waals surface area contributed by atoms with Gasteiger partial charge in [-0.25, -0.2) is 8.42 Å². The number of carbonyl (C=O) groups is 1. The van der Waals surface area contributed by atoms with Crippen LogP contribution in [0, 0.1) is 5.92 Å². The van der Waals surface area contributed by atoms with E-state index in [2.05, 4.69) is 5.32 Å². The summed E-state index contributed by atoms with van der Waals surface area (Å²) in [6.07, 6.45) is 5.30. The van der Waals surface area contributed by atoms with Crippen molar-refractivity contribution >= 4 is 15.9 Å². The Labute approximate surface area is 135 Å². The monoisotopic (exact) mass is 353 g/mol. The highest BCUT2D eigenvalue weighted by Crippen LogP contribution is 2.26. The number of carbonyl (C=O) groups excluding carboxylic acids is 1. The number of hydrogen-bond donors (Lipinski definition) is 2. The van der Waals surface area contributed by atoms with Crippen LogP contribution in [0.1, 0.15) is 44.9 Å². The van der Waals surface area contributed by atoms with Gasteiger partial charge in [-0.05, 0) is 31.6 Å². The van der Waals surface area contributed by atoms with E-state index in [9.17, 15) is 22.0 Å². The molecule has 1 aliphatic carbocycles. The van der Waals surface area contributed by atoms with Gasteiger partial charge in [-0.3, -0.25) is 4.79 Å². The Bertz CT molecular complexity index is 513. The van der Waals surface area contributed by atoms with E-state index in [1.807, 2.05) is 0 Å². The summed E-state index contributed by atoms with van der Waals surface area (Å²) < 4.78 is 48.6. The van der Waals surface area contributed by atoms with E-state index in [1.54, 1.807) is 0 Å². The van der Waals surface area contributed by atoms with Crippen molar-refractivity contribution in [3.05, 3.63) is 0 Å². The third-order valence-electron chi connectivity index (χ3n) is 4.91. The average Bonchev–Trinajstić information content (AvgIpc) is 2.53. The molecule has 0 aromatic heterocycles. The van der Waals surface area contributed by atoms with Gasteiger partial charge in [-0.1, -0.05) is 19.3 Å². The first kappa shape index (κ1) is 18.5. The number of halogens is 2. The molecule has 1 heterocycles. The van der Waals surface area contributed by atoms with Gasteiger partial charge >= 0.3 is 5.76 Å². The molecule has 0 spiro atoms. The Morgan fingerprint density at radius 1 is 1.22 bits per heavy atom. The molecule has 0 unspecified atom stereocenters. The highest BCUT2D eigenvalue weighted by molar-refractivity contribution is 7.89. The zero-order valence-electron chi connectivity index (χ0n) is 13.1. The Hall–Kier alpha value is -0.800. The fourth-order valence-corrected chi connectivity index (χ4v) is 4.25. The summed E-state index contributed by atoms with van der Waals surface area (Å²) in [5, 5.41) is 2.86. The van der Waals surface area contributed by atoms with Crippen molar-refractivity contribution in [2.24, 2.45) is 11.7 Å². The number of nitrogens with one attached hydrogen (secondary N) is 1. The van der Waals surface area contributed by atoms with Crippen molar-refractivity contribution in [3.8, 4) is 0 Å². The molecule has 23 heavy (non-hydrogen) atoms. The number of amides is 1. The lowest BCUT2D eigenvalue weighted by Crippen LogP contribution is -2.56. The van der Waals surface area contributed by atoms with Crippen LogP contribution < -0.4 is 11.1 Å². The number of rotatable bonds is 5. The first-order chi connectivity index (χ1) is 10.8. The normalized spacial score (nSPS) is 23.8. The third-order valence-corrected chi connectivity index (χ3v) is 6.44. The van der Waals surface area contributed by atoms with Gasteiger partial charge in [0.15, 0.2) is 0 Å². The van der Waals surface area contributed by atoms with Gasteiger partial charge in [-0.2, -0.15) is 13.1 Å². The SMILES string of the molecule is NC1(C(=O)NCC2CCN(S(=O)(=O)C(F)F)CC2)CCCCC1. The summed E-state index contributed by atoms with van der Waals surface area (Å²) in [4.78, 5) is 12.2. The number of nitrogens with zero attached hydrogens (tertiary/aromatic N) is 1. The molecule has 0 radical (unpaired) electrons. The van der Waals surface area contributed by atoms with Crippen LogP contribution in [0.3, 0.4) is 0 Å². The van der Waals surface area contributed by atoms with Crippen LogP contribution in [0.2, 0.25) is 0 Å². The fraction of sp³-hybridized carbons (Fsp3) is 0.929. The molecule has 1 aliphatic heterocycles. The molecule has 9 heteroatoms. The molecule has 3 N–H and O–H groups in total. The van der Waals surface area contributed by atoms with Crippen molar-refractivity contribution in [1.82, 2.24) is 9.62 Å². The molecule has 2 fully saturated rings. The van der Waals surface area contributed by atoms with Gasteiger partial charge < -0.3 is 11.1 Å². The molecule has 6 nitrogen and oxygen atoms in total. The third kappa shape index (κ3) is 4.39. The molecule has 0 bridgehead atoms. The molecule has 1 saturated heterocycles. The van der Waals surface area contributed by atoms with Crippen LogP contribution in [-0.4, -0.2) is 49.6 Å². The van der Waals surface area contributed by atoms with Gasteiger partial charge in [0, 0.05) is 19.6 Å². The topological polar surface area (TPSA) is 92.5 Å². The van der Waals surface area contributed by atoms with Crippen LogP contribution in [0.4, 0.5) is 8.78 Å². The highest BCUT2D eigenvalue weighted by atomic mass is 32.2. The van der Waals surface area contributed by atoms with Gasteiger partial charge in [0.2, 0.25) is 5.91 Å². The van der Waals surface area contributed by atoms with Crippen LogP contribution in [-0.2, 0) is 14.8 Å². The van der Waals surface area contributed by atoms with E-state index >= 15 is 0 Å². The summed E-state index contributed by atoms with van der Waals surface area (Å²) >= 11 is 0. The molecule has 1 saturated carbocycles. The quantitative estimate of drug-likeness (QED) is 0.772. The van der Waals surface area contributed by atoms with E-state index in [-0.39, 0.29) is 24.9 Å². The average molecular weight is 353 g/mol. The van der Waals surface area contributed by atoms with Crippen LogP contribution >= 0.6 is 0 Å². The smallest absolute Gasteiger partial charge is 0.350 e. The van der Waals surface area contributed by atoms with Gasteiger partial charge in [-0.15, -0.1) is 0 Å². The second-order valence-electron chi connectivity index (χ2n) is 6.57. The minimum Gasteiger partial charge on any atom is -0.354 e. The Kier molecular flexibility index (Phi) is 5.96. The van der Waals surface area contributed by atoms with Gasteiger partial charge in [0.1, 0.15) is 0 Å². The number of sulfonamides is 1. The predicted molar refractivity (Wildman–Crippen MR) is 82.2 cm³/mol. The minimum absolute atomic E-state index is 0.0704. The molecule has 0 aromatic rings. The molecule has 1 amide bonds. The van der Waals surface area contributed by atoms with E-state index in [1.165, 1.54) is 0 Å². The summed E-state index contributed by atoms with van der Waals surface area (Å²) in [5.74, 6) is -3.43. The second kappa shape index (κ2) is 7.40. The summed E-state index contributed by atoms with van der Waals surface area (Å²) in [6, 6.07) is 0. The van der Waals surface area contributed by atoms with Crippen molar-refractivity contribution < 1.29 is 22.0 Å². The fourth-order valence-electron chi connectivity index (χ4n) is 3.30. The molecule has 0 atom stereocenters. The maximum absolute atomic E-state index is 12.5. The molecular weight excluding hydrogens is 328 g/mol. The molecule has 2 rings (SSSR count). The summed E-state index contributed by atoms with van der Waals surface area (Å²) in [6.45, 7) is 0.558. The first-order valence-corrected chi connectivity index (χ1v) is 9.60. The molecule has 134 valence electrons. The molecular formula is C14H25F2N3O3S. The summed E-state index contributed by atoms with van der Waals surface area (Å²) in [7, 11) is -4.49. The van der Waals surface area contributed by atoms with Crippen molar-refractivity contribution in [2.75, 3.05) is 19.6 Å². The van der Waals surface area contributed by atoms with Crippen LogP contribution in [0.5, 0.6) is 0 Å². The standard InChI is InChI=1S/C14H25F2N3O3S/c15-13(16)23(21,22)19-8-4-11(5-9-19)10-18-12(20)14(17)6-2-1-3-7-14/h11,13H,1-10,17H2,(H,18,20). The Balaban J connectivity index is 1.78. The zero-order valence-corrected chi connectivity index (χ0v) is 14.0. The number of alkyl halides is 2. The number of piperidine rings is 1. The summed E-state index contributed by atoms with van der Waals surface area (Å²) in [5.41, 5.74) is 5.35. The number of hydrogen-bond acceptors (Lipinski definition) is 4. The lowest BCUT2D eigenvalue weighted by atomic mass is 9.82. The van der Waals surface area contributed by atoms with Crippen LogP contribution in [0.15, 0.2) is 0 Å². The van der Waals surface area contributed by atoms with Gasteiger partial charge in [0.25, 0.3) is 10.0 Å². The largest absolute Gasteiger partial charge is 0.354 e. The maximum atomic E-state index is 12.5.